The molecule has 82 valence electrons. The van der Waals surface area contributed by atoms with Crippen LogP contribution >= 0.6 is 0 Å². The van der Waals surface area contributed by atoms with E-state index in [0.29, 0.717) is 0 Å². The van der Waals surface area contributed by atoms with Crippen molar-refractivity contribution in [2.45, 2.75) is 12.8 Å². The van der Waals surface area contributed by atoms with E-state index in [1.165, 1.54) is 5.39 Å². The second kappa shape index (κ2) is 4.31. The SMILES string of the molecule is C[C@H](C[N+](=O)[O-])c1ccc2ccccc2c1. The van der Waals surface area contributed by atoms with Gasteiger partial charge in [0.2, 0.25) is 6.54 Å². The topological polar surface area (TPSA) is 43.1 Å². The van der Waals surface area contributed by atoms with Crippen molar-refractivity contribution in [3.8, 4) is 0 Å². The highest BCUT2D eigenvalue weighted by atomic mass is 16.6. The highest BCUT2D eigenvalue weighted by Crippen LogP contribution is 2.21. The maximum Gasteiger partial charge on any atom is 0.210 e. The molecule has 0 spiro atoms. The Morgan fingerprint density at radius 2 is 1.88 bits per heavy atom. The van der Waals surface area contributed by atoms with E-state index in [2.05, 4.69) is 0 Å². The zero-order chi connectivity index (χ0) is 11.5. The van der Waals surface area contributed by atoms with Gasteiger partial charge < -0.3 is 0 Å². The summed E-state index contributed by atoms with van der Waals surface area (Å²) in [4.78, 5) is 10.2. The van der Waals surface area contributed by atoms with Gasteiger partial charge in [0.05, 0.1) is 0 Å². The van der Waals surface area contributed by atoms with Crippen LogP contribution in [0.2, 0.25) is 0 Å². The van der Waals surface area contributed by atoms with Gasteiger partial charge >= 0.3 is 0 Å². The largest absolute Gasteiger partial charge is 0.265 e. The fourth-order valence-corrected chi connectivity index (χ4v) is 1.84. The zero-order valence-corrected chi connectivity index (χ0v) is 9.09. The summed E-state index contributed by atoms with van der Waals surface area (Å²) in [6.45, 7) is 1.87. The lowest BCUT2D eigenvalue weighted by Gasteiger charge is -2.08. The summed E-state index contributed by atoms with van der Waals surface area (Å²) in [6, 6.07) is 14.0. The molecule has 2 aromatic carbocycles. The van der Waals surface area contributed by atoms with Gasteiger partial charge in [0.15, 0.2) is 0 Å². The van der Waals surface area contributed by atoms with Crippen LogP contribution in [-0.2, 0) is 0 Å². The van der Waals surface area contributed by atoms with Crippen molar-refractivity contribution in [2.75, 3.05) is 6.54 Å². The van der Waals surface area contributed by atoms with Gasteiger partial charge in [-0.3, -0.25) is 10.1 Å². The minimum absolute atomic E-state index is 0.0155. The summed E-state index contributed by atoms with van der Waals surface area (Å²) in [7, 11) is 0. The molecule has 0 saturated heterocycles. The maximum atomic E-state index is 10.5. The van der Waals surface area contributed by atoms with Gasteiger partial charge in [-0.1, -0.05) is 49.4 Å². The molecule has 0 amide bonds. The first-order valence-corrected chi connectivity index (χ1v) is 5.27. The number of hydrogen-bond donors (Lipinski definition) is 0. The van der Waals surface area contributed by atoms with Crippen molar-refractivity contribution in [1.29, 1.82) is 0 Å². The van der Waals surface area contributed by atoms with Crippen molar-refractivity contribution in [3.05, 3.63) is 58.1 Å². The highest BCUT2D eigenvalue weighted by Gasteiger charge is 2.11. The molecule has 16 heavy (non-hydrogen) atoms. The van der Waals surface area contributed by atoms with E-state index in [1.54, 1.807) is 0 Å². The maximum absolute atomic E-state index is 10.5. The van der Waals surface area contributed by atoms with E-state index in [0.717, 1.165) is 10.9 Å². The summed E-state index contributed by atoms with van der Waals surface area (Å²) < 4.78 is 0. The Balaban J connectivity index is 2.35. The van der Waals surface area contributed by atoms with E-state index >= 15 is 0 Å². The molecule has 2 aromatic rings. The molecule has 0 aromatic heterocycles. The van der Waals surface area contributed by atoms with Crippen LogP contribution in [0.3, 0.4) is 0 Å². The predicted octanol–water partition coefficient (Wildman–Crippen LogP) is 3.22. The van der Waals surface area contributed by atoms with Crippen LogP contribution in [0, 0.1) is 10.1 Å². The van der Waals surface area contributed by atoms with Crippen LogP contribution in [0.1, 0.15) is 18.4 Å². The lowest BCUT2D eigenvalue weighted by atomic mass is 9.98. The van der Waals surface area contributed by atoms with Gasteiger partial charge in [0.25, 0.3) is 0 Å². The minimum Gasteiger partial charge on any atom is -0.265 e. The average Bonchev–Trinajstić information content (AvgIpc) is 2.27. The lowest BCUT2D eigenvalue weighted by molar-refractivity contribution is -0.482. The second-order valence-corrected chi connectivity index (χ2v) is 4.02. The smallest absolute Gasteiger partial charge is 0.210 e. The van der Waals surface area contributed by atoms with Gasteiger partial charge in [-0.05, 0) is 16.3 Å². The number of nitrogens with zero attached hydrogens (tertiary/aromatic N) is 1. The fraction of sp³-hybridized carbons (Fsp3) is 0.231. The van der Waals surface area contributed by atoms with E-state index < -0.39 is 0 Å². The third kappa shape index (κ3) is 2.19. The summed E-state index contributed by atoms with van der Waals surface area (Å²) in [5, 5.41) is 12.8. The van der Waals surface area contributed by atoms with Gasteiger partial charge in [0, 0.05) is 10.8 Å². The molecule has 0 saturated carbocycles. The standard InChI is InChI=1S/C13H13NO2/c1-10(9-14(15)16)12-7-6-11-4-2-3-5-13(11)8-12/h2-8,10H,9H2,1H3/t10-/m1/s1. The summed E-state index contributed by atoms with van der Waals surface area (Å²) >= 11 is 0. The molecule has 0 aliphatic heterocycles. The molecule has 0 heterocycles. The van der Waals surface area contributed by atoms with E-state index in [-0.39, 0.29) is 17.4 Å². The molecule has 3 heteroatoms. The van der Waals surface area contributed by atoms with Crippen LogP contribution in [0.25, 0.3) is 10.8 Å². The fourth-order valence-electron chi connectivity index (χ4n) is 1.84. The first kappa shape index (κ1) is 10.6. The van der Waals surface area contributed by atoms with E-state index in [9.17, 15) is 10.1 Å². The summed E-state index contributed by atoms with van der Waals surface area (Å²) in [6.07, 6.45) is 0. The summed E-state index contributed by atoms with van der Waals surface area (Å²) in [5.74, 6) is -0.0420. The predicted molar refractivity (Wildman–Crippen MR) is 64.2 cm³/mol. The Morgan fingerprint density at radius 1 is 1.19 bits per heavy atom. The molecule has 0 fully saturated rings. The number of fused-ring (bicyclic) bond motifs is 1. The third-order valence-electron chi connectivity index (χ3n) is 2.77. The zero-order valence-electron chi connectivity index (χ0n) is 9.09. The third-order valence-corrected chi connectivity index (χ3v) is 2.77. The molecule has 3 nitrogen and oxygen atoms in total. The van der Waals surface area contributed by atoms with Crippen LogP contribution in [-0.4, -0.2) is 11.5 Å². The second-order valence-electron chi connectivity index (χ2n) is 4.02. The molecule has 0 bridgehead atoms. The van der Waals surface area contributed by atoms with Crippen molar-refractivity contribution in [1.82, 2.24) is 0 Å². The molecule has 0 unspecified atom stereocenters. The number of benzene rings is 2. The Hall–Kier alpha value is -1.90. The monoisotopic (exact) mass is 215 g/mol. The van der Waals surface area contributed by atoms with Crippen LogP contribution < -0.4 is 0 Å². The Kier molecular flexibility index (Phi) is 2.86. The molecule has 0 N–H and O–H groups in total. The van der Waals surface area contributed by atoms with Crippen molar-refractivity contribution >= 4 is 10.8 Å². The van der Waals surface area contributed by atoms with Crippen LogP contribution in [0.4, 0.5) is 0 Å². The first-order chi connectivity index (χ1) is 7.66. The van der Waals surface area contributed by atoms with Crippen LogP contribution in [0.15, 0.2) is 42.5 Å². The molecule has 1 atom stereocenters. The van der Waals surface area contributed by atoms with Gasteiger partial charge in [0.1, 0.15) is 0 Å². The number of hydrogen-bond acceptors (Lipinski definition) is 2. The Morgan fingerprint density at radius 3 is 2.56 bits per heavy atom. The molecule has 0 radical (unpaired) electrons. The Labute approximate surface area is 93.9 Å². The molecular formula is C13H13NO2. The Bertz CT molecular complexity index is 522. The number of nitro groups is 1. The van der Waals surface area contributed by atoms with E-state index in [4.69, 9.17) is 0 Å². The first-order valence-electron chi connectivity index (χ1n) is 5.27. The highest BCUT2D eigenvalue weighted by molar-refractivity contribution is 5.83. The van der Waals surface area contributed by atoms with Crippen molar-refractivity contribution in [2.24, 2.45) is 0 Å². The molecule has 0 aliphatic rings. The number of rotatable bonds is 3. The van der Waals surface area contributed by atoms with Crippen molar-refractivity contribution < 1.29 is 4.92 Å². The summed E-state index contributed by atoms with van der Waals surface area (Å²) in [5.41, 5.74) is 1.02. The molecular weight excluding hydrogens is 202 g/mol. The average molecular weight is 215 g/mol. The lowest BCUT2D eigenvalue weighted by Crippen LogP contribution is -2.09. The normalized spacial score (nSPS) is 12.6. The van der Waals surface area contributed by atoms with Gasteiger partial charge in [-0.15, -0.1) is 0 Å². The van der Waals surface area contributed by atoms with Gasteiger partial charge in [-0.25, -0.2) is 0 Å². The van der Waals surface area contributed by atoms with Crippen LogP contribution in [0.5, 0.6) is 0 Å². The molecule has 2 rings (SSSR count). The quantitative estimate of drug-likeness (QED) is 0.582. The van der Waals surface area contributed by atoms with E-state index in [1.807, 2.05) is 49.4 Å². The minimum atomic E-state index is -0.264. The molecule has 0 aliphatic carbocycles. The van der Waals surface area contributed by atoms with Gasteiger partial charge in [-0.2, -0.15) is 0 Å². The van der Waals surface area contributed by atoms with Crippen molar-refractivity contribution in [3.63, 3.8) is 0 Å².